The van der Waals surface area contributed by atoms with E-state index >= 15 is 0 Å². The molecule has 0 unspecified atom stereocenters. The van der Waals surface area contributed by atoms with Crippen molar-refractivity contribution in [2.24, 2.45) is 16.0 Å². The maximum atomic E-state index is 9.28. The molecule has 0 saturated carbocycles. The summed E-state index contributed by atoms with van der Waals surface area (Å²) in [5.41, 5.74) is 0. The van der Waals surface area contributed by atoms with Crippen LogP contribution in [-0.2, 0) is 11.7 Å². The van der Waals surface area contributed by atoms with Gasteiger partial charge in [0.15, 0.2) is 0 Å². The lowest BCUT2D eigenvalue weighted by molar-refractivity contribution is 0.0970. The molecule has 0 aliphatic carbocycles. The van der Waals surface area contributed by atoms with Gasteiger partial charge in [-0.25, -0.2) is 0 Å². The van der Waals surface area contributed by atoms with Crippen molar-refractivity contribution in [3.8, 4) is 0 Å². The molecule has 0 radical (unpaired) electrons. The highest BCUT2D eigenvalue weighted by Gasteiger charge is 2.49. The van der Waals surface area contributed by atoms with E-state index in [2.05, 4.69) is 11.7 Å². The highest BCUT2D eigenvalue weighted by Crippen LogP contribution is 1.92. The van der Waals surface area contributed by atoms with Crippen molar-refractivity contribution in [1.29, 1.82) is 0 Å². The summed E-state index contributed by atoms with van der Waals surface area (Å²) >= 11 is -3.17. The lowest BCUT2D eigenvalue weighted by Gasteiger charge is -1.93. The Morgan fingerprint density at radius 1 is 0.474 bits per heavy atom. The van der Waals surface area contributed by atoms with Gasteiger partial charge in [0.2, 0.25) is 0 Å². The largest absolute Gasteiger partial charge is 1.27 e. The predicted molar refractivity (Wildman–Crippen MR) is 58.9 cm³/mol. The molecule has 0 aromatic heterocycles. The molecule has 0 aromatic rings. The van der Waals surface area contributed by atoms with Crippen LogP contribution in [0.1, 0.15) is 0 Å². The SMILES string of the molecule is O.O.O.O.O.O.O.O.O.O=N[O][Al]([O]N=O)[O]N=O. The molecule has 0 spiro atoms. The van der Waals surface area contributed by atoms with Gasteiger partial charge >= 0.3 is 15.1 Å². The zero-order valence-corrected chi connectivity index (χ0v) is 10.0. The van der Waals surface area contributed by atoms with Crippen molar-refractivity contribution in [3.05, 3.63) is 14.7 Å². The Kier molecular flexibility index (Phi) is 321. The van der Waals surface area contributed by atoms with Gasteiger partial charge < -0.3 is 61.0 Å². The number of rotatable bonds is 6. The van der Waals surface area contributed by atoms with E-state index in [0.29, 0.717) is 0 Å². The van der Waals surface area contributed by atoms with E-state index in [4.69, 9.17) is 0 Å². The van der Waals surface area contributed by atoms with Crippen LogP contribution >= 0.6 is 0 Å². The first kappa shape index (κ1) is 85.7. The van der Waals surface area contributed by atoms with Gasteiger partial charge in [-0.1, -0.05) is 0 Å². The molecule has 18 N–H and O–H groups in total. The summed E-state index contributed by atoms with van der Waals surface area (Å²) in [6.07, 6.45) is 0. The molecule has 0 aromatic carbocycles. The maximum absolute atomic E-state index is 9.28. The van der Waals surface area contributed by atoms with Crippen molar-refractivity contribution in [2.45, 2.75) is 0 Å². The topological polar surface area (TPSA) is 399 Å². The minimum Gasteiger partial charge on any atom is -0.436 e. The Labute approximate surface area is 108 Å². The molecule has 18 nitrogen and oxygen atoms in total. The second kappa shape index (κ2) is 71.2. The maximum Gasteiger partial charge on any atom is 1.27 e. The Morgan fingerprint density at radius 3 is 0.737 bits per heavy atom. The van der Waals surface area contributed by atoms with Crippen LogP contribution in [0.25, 0.3) is 0 Å². The van der Waals surface area contributed by atoms with Gasteiger partial charge in [-0.3, -0.25) is 0 Å². The summed E-state index contributed by atoms with van der Waals surface area (Å²) in [4.78, 5) is 27.8. The average molecular weight is 327 g/mol. The van der Waals surface area contributed by atoms with Gasteiger partial charge in [-0.05, 0) is 0 Å². The molecule has 0 aliphatic rings. The monoisotopic (exact) mass is 327 g/mol. The molecule has 0 saturated heterocycles. The van der Waals surface area contributed by atoms with Crippen molar-refractivity contribution >= 4 is 15.1 Å². The van der Waals surface area contributed by atoms with Gasteiger partial charge in [-0.15, -0.1) is 14.7 Å². The third-order valence-electron chi connectivity index (χ3n) is 0.387. The Hall–Kier alpha value is -1.63. The molecule has 0 atom stereocenters. The van der Waals surface area contributed by atoms with E-state index in [1.807, 2.05) is 16.0 Å². The third-order valence-corrected chi connectivity index (χ3v) is 1.16. The lowest BCUT2D eigenvalue weighted by Crippen LogP contribution is -2.19. The van der Waals surface area contributed by atoms with Crippen LogP contribution in [-0.4, -0.2) is 64.4 Å². The first-order valence-corrected chi connectivity index (χ1v) is 3.22. The molecule has 0 rings (SSSR count). The zero-order valence-electron chi connectivity index (χ0n) is 8.87. The fraction of sp³-hybridized carbons (Fsp3) is 0. The summed E-state index contributed by atoms with van der Waals surface area (Å²) in [5.74, 6) is 0. The molecule has 0 fully saturated rings. The van der Waals surface area contributed by atoms with Gasteiger partial charge in [0, 0.05) is 0 Å². The first-order chi connectivity index (χ1) is 4.85. The van der Waals surface area contributed by atoms with Crippen molar-refractivity contribution in [1.82, 2.24) is 0 Å². The van der Waals surface area contributed by atoms with E-state index in [1.54, 1.807) is 0 Å². The van der Waals surface area contributed by atoms with Gasteiger partial charge in [0.1, 0.15) is 16.0 Å². The second-order valence-corrected chi connectivity index (χ2v) is 2.04. The van der Waals surface area contributed by atoms with Crippen LogP contribution in [0.4, 0.5) is 0 Å². The molecule has 19 heavy (non-hydrogen) atoms. The minimum absolute atomic E-state index is 0. The zero-order chi connectivity index (χ0) is 7.82. The van der Waals surface area contributed by atoms with Crippen LogP contribution in [0.15, 0.2) is 16.0 Å². The molecule has 0 aliphatic heterocycles. The van der Waals surface area contributed by atoms with E-state index in [0.717, 1.165) is 0 Å². The highest BCUT2D eigenvalue weighted by atomic mass is 27.3. The Bertz CT molecular complexity index is 105. The van der Waals surface area contributed by atoms with E-state index in [1.165, 1.54) is 0 Å². The lowest BCUT2D eigenvalue weighted by atomic mass is 13.4. The third kappa shape index (κ3) is 62.2. The number of hydrogen-bond donors (Lipinski definition) is 0. The van der Waals surface area contributed by atoms with E-state index in [9.17, 15) is 14.7 Å². The molecular formula is H18AlN3O15. The fourth-order valence-corrected chi connectivity index (χ4v) is 0.489. The van der Waals surface area contributed by atoms with Gasteiger partial charge in [0.05, 0.1) is 0 Å². The second-order valence-electron chi connectivity index (χ2n) is 0.829. The summed E-state index contributed by atoms with van der Waals surface area (Å²) in [6, 6.07) is 0. The molecule has 126 valence electrons. The fourth-order valence-electron chi connectivity index (χ4n) is 0.163. The normalized spacial score (nSPS) is 3.79. The standard InChI is InChI=1S/Al.3HNO2.9H2O/c;3*2-1-3;;;;;;;;;/h;3*(H,2,3);9*1H2/q+3;;;;;;;;;;;;/p-3. The first-order valence-electron chi connectivity index (χ1n) is 1.80. The Morgan fingerprint density at radius 2 is 0.632 bits per heavy atom. The molecule has 19 heteroatoms. The molecule has 0 bridgehead atoms. The predicted octanol–water partition coefficient (Wildman–Crippen LogP) is -7.36. The summed E-state index contributed by atoms with van der Waals surface area (Å²) in [5, 5.41) is 5.51. The summed E-state index contributed by atoms with van der Waals surface area (Å²) in [7, 11) is 0. The minimum atomic E-state index is -3.17. The van der Waals surface area contributed by atoms with E-state index < -0.39 is 15.1 Å². The van der Waals surface area contributed by atoms with Crippen LogP contribution in [0.5, 0.6) is 0 Å². The average Bonchev–Trinajstić information content (AvgIpc) is 1.90. The van der Waals surface area contributed by atoms with Crippen molar-refractivity contribution < 1.29 is 61.0 Å². The van der Waals surface area contributed by atoms with Crippen molar-refractivity contribution in [3.63, 3.8) is 0 Å². The highest BCUT2D eigenvalue weighted by molar-refractivity contribution is 6.35. The molecule has 0 heterocycles. The van der Waals surface area contributed by atoms with Crippen LogP contribution in [0.3, 0.4) is 0 Å². The Balaban J connectivity index is -0.0000000112. The number of nitrogens with zero attached hydrogens (tertiary/aromatic N) is 3. The smallest absolute Gasteiger partial charge is 0.436 e. The quantitative estimate of drug-likeness (QED) is 0.258. The summed E-state index contributed by atoms with van der Waals surface area (Å²) in [6.45, 7) is 0. The van der Waals surface area contributed by atoms with Crippen LogP contribution in [0.2, 0.25) is 0 Å². The molecule has 0 amide bonds. The number of hydrogen-bond acceptors (Lipinski definition) is 9. The summed E-state index contributed by atoms with van der Waals surface area (Å²) < 4.78 is 11.1. The van der Waals surface area contributed by atoms with Crippen molar-refractivity contribution in [2.75, 3.05) is 0 Å². The van der Waals surface area contributed by atoms with Gasteiger partial charge in [0.25, 0.3) is 0 Å². The molecular weight excluding hydrogens is 309 g/mol. The van der Waals surface area contributed by atoms with E-state index in [-0.39, 0.29) is 49.3 Å². The van der Waals surface area contributed by atoms with Gasteiger partial charge in [-0.2, -0.15) is 0 Å². The van der Waals surface area contributed by atoms with Crippen LogP contribution < -0.4 is 0 Å². The van der Waals surface area contributed by atoms with Crippen LogP contribution in [0, 0.1) is 14.7 Å².